The van der Waals surface area contributed by atoms with Gasteiger partial charge in [-0.05, 0) is 17.9 Å². The molecule has 2 heterocycles. The lowest BCUT2D eigenvalue weighted by molar-refractivity contribution is 0.105. The highest BCUT2D eigenvalue weighted by molar-refractivity contribution is 14.0. The molecule has 0 saturated carbocycles. The summed E-state index contributed by atoms with van der Waals surface area (Å²) < 4.78 is 7.88. The molecule has 0 amide bonds. The highest BCUT2D eigenvalue weighted by Crippen LogP contribution is 2.27. The van der Waals surface area contributed by atoms with Crippen LogP contribution in [0.2, 0.25) is 0 Å². The zero-order chi connectivity index (χ0) is 18.4. The summed E-state index contributed by atoms with van der Waals surface area (Å²) in [6.07, 6.45) is 6.95. The van der Waals surface area contributed by atoms with Gasteiger partial charge in [0, 0.05) is 46.2 Å². The van der Waals surface area contributed by atoms with Gasteiger partial charge in [-0.25, -0.2) is 4.98 Å². The molecule has 2 aromatic rings. The molecule has 3 rings (SSSR count). The van der Waals surface area contributed by atoms with Crippen molar-refractivity contribution in [2.45, 2.75) is 25.5 Å². The van der Waals surface area contributed by atoms with Crippen molar-refractivity contribution in [1.82, 2.24) is 19.8 Å². The second-order valence-corrected chi connectivity index (χ2v) is 6.85. The Bertz CT molecular complexity index is 692. The molecule has 0 radical (unpaired) electrons. The number of nitrogens with one attached hydrogen (secondary N) is 1. The Morgan fingerprint density at radius 1 is 1.37 bits per heavy atom. The number of ether oxygens (including phenoxy) is 1. The van der Waals surface area contributed by atoms with E-state index in [1.807, 2.05) is 37.8 Å². The maximum atomic E-state index is 5.67. The summed E-state index contributed by atoms with van der Waals surface area (Å²) in [5, 5.41) is 3.50. The van der Waals surface area contributed by atoms with Crippen molar-refractivity contribution in [2.24, 2.45) is 10.9 Å². The van der Waals surface area contributed by atoms with Crippen molar-refractivity contribution >= 4 is 29.9 Å². The number of hydrogen-bond donors (Lipinski definition) is 1. The predicted molar refractivity (Wildman–Crippen MR) is 120 cm³/mol. The smallest absolute Gasteiger partial charge is 0.193 e. The monoisotopic (exact) mass is 483 g/mol. The number of methoxy groups -OCH3 is 1. The number of piperidine rings is 1. The van der Waals surface area contributed by atoms with Gasteiger partial charge in [-0.3, -0.25) is 4.99 Å². The number of imidazole rings is 1. The summed E-state index contributed by atoms with van der Waals surface area (Å²) in [4.78, 5) is 11.0. The van der Waals surface area contributed by atoms with Gasteiger partial charge in [-0.1, -0.05) is 37.3 Å². The van der Waals surface area contributed by atoms with Gasteiger partial charge in [-0.15, -0.1) is 24.0 Å². The van der Waals surface area contributed by atoms with Crippen LogP contribution in [0.5, 0.6) is 0 Å². The van der Waals surface area contributed by atoms with Crippen LogP contribution in [0.3, 0.4) is 0 Å². The molecule has 0 bridgehead atoms. The summed E-state index contributed by atoms with van der Waals surface area (Å²) >= 11 is 0. The summed E-state index contributed by atoms with van der Waals surface area (Å²) in [5.41, 5.74) is 1.17. The van der Waals surface area contributed by atoms with Gasteiger partial charge in [0.25, 0.3) is 0 Å². The van der Waals surface area contributed by atoms with E-state index < -0.39 is 0 Å². The summed E-state index contributed by atoms with van der Waals surface area (Å²) in [7, 11) is 3.59. The largest absolute Gasteiger partial charge is 0.375 e. The Balaban J connectivity index is 0.00000261. The minimum atomic E-state index is 0. The molecule has 6 nitrogen and oxygen atoms in total. The van der Waals surface area contributed by atoms with Crippen LogP contribution in [0.4, 0.5) is 0 Å². The molecular weight excluding hydrogens is 453 g/mol. The molecular formula is C20H30IN5O. The van der Waals surface area contributed by atoms with Crippen molar-refractivity contribution in [1.29, 1.82) is 0 Å². The highest BCUT2D eigenvalue weighted by atomic mass is 127. The minimum absolute atomic E-state index is 0. The van der Waals surface area contributed by atoms with Crippen LogP contribution in [0, 0.1) is 5.92 Å². The Kier molecular flexibility index (Phi) is 8.56. The summed E-state index contributed by atoms with van der Waals surface area (Å²) in [6.45, 7) is 4.94. The number of halogens is 1. The minimum Gasteiger partial charge on any atom is -0.375 e. The number of hydrogen-bond acceptors (Lipinski definition) is 3. The molecule has 0 spiro atoms. The van der Waals surface area contributed by atoms with Crippen LogP contribution in [0.25, 0.3) is 0 Å². The lowest BCUT2D eigenvalue weighted by atomic mass is 9.93. The number of aromatic nitrogens is 2. The SMILES string of the molecule is CN=C(NCC(OC)c1ccccc1)N1CCC(C)C(n2ccnc2)C1.I. The number of aliphatic imine (C=N–C) groups is 1. The van der Waals surface area contributed by atoms with Crippen LogP contribution >= 0.6 is 24.0 Å². The molecule has 1 saturated heterocycles. The van der Waals surface area contributed by atoms with Gasteiger partial charge in [0.15, 0.2) is 5.96 Å². The Hall–Kier alpha value is -1.61. The van der Waals surface area contributed by atoms with E-state index in [9.17, 15) is 0 Å². The molecule has 1 fully saturated rings. The molecule has 3 unspecified atom stereocenters. The van der Waals surface area contributed by atoms with Crippen LogP contribution in [0.15, 0.2) is 54.0 Å². The standard InChI is InChI=1S/C20H29N5O.HI/c1-16-9-11-24(14-18(16)25-12-10-22-15-25)20(21-2)23-13-19(26-3)17-7-5-4-6-8-17;/h4-8,10,12,15-16,18-19H,9,11,13-14H2,1-3H3,(H,21,23);1H. The first-order valence-electron chi connectivity index (χ1n) is 9.23. The van der Waals surface area contributed by atoms with E-state index in [4.69, 9.17) is 4.74 Å². The molecule has 1 N–H and O–H groups in total. The van der Waals surface area contributed by atoms with Gasteiger partial charge in [0.05, 0.1) is 18.5 Å². The van der Waals surface area contributed by atoms with E-state index in [0.29, 0.717) is 18.5 Å². The third kappa shape index (κ3) is 5.44. The lowest BCUT2D eigenvalue weighted by Crippen LogP contribution is -2.49. The predicted octanol–water partition coefficient (Wildman–Crippen LogP) is 3.35. The van der Waals surface area contributed by atoms with Crippen LogP contribution in [0.1, 0.15) is 31.1 Å². The Labute approximate surface area is 179 Å². The molecule has 1 aromatic carbocycles. The Morgan fingerprint density at radius 2 is 2.15 bits per heavy atom. The fourth-order valence-corrected chi connectivity index (χ4v) is 3.62. The number of likely N-dealkylation sites (tertiary alicyclic amines) is 1. The first kappa shape index (κ1) is 21.7. The number of benzene rings is 1. The maximum Gasteiger partial charge on any atom is 0.193 e. The average molecular weight is 483 g/mol. The van der Waals surface area contributed by atoms with E-state index in [1.165, 1.54) is 5.56 Å². The van der Waals surface area contributed by atoms with E-state index in [2.05, 4.69) is 50.0 Å². The molecule has 3 atom stereocenters. The number of nitrogens with zero attached hydrogens (tertiary/aromatic N) is 4. The van der Waals surface area contributed by atoms with Crippen molar-refractivity contribution in [3.05, 3.63) is 54.6 Å². The van der Waals surface area contributed by atoms with Crippen molar-refractivity contribution in [3.8, 4) is 0 Å². The van der Waals surface area contributed by atoms with Crippen molar-refractivity contribution in [3.63, 3.8) is 0 Å². The second-order valence-electron chi connectivity index (χ2n) is 6.85. The van der Waals surface area contributed by atoms with Gasteiger partial charge < -0.3 is 19.5 Å². The second kappa shape index (κ2) is 10.7. The molecule has 148 valence electrons. The first-order chi connectivity index (χ1) is 12.7. The molecule has 27 heavy (non-hydrogen) atoms. The number of guanidine groups is 1. The van der Waals surface area contributed by atoms with E-state index in [0.717, 1.165) is 25.5 Å². The van der Waals surface area contributed by atoms with Crippen molar-refractivity contribution < 1.29 is 4.74 Å². The number of rotatable bonds is 5. The third-order valence-electron chi connectivity index (χ3n) is 5.24. The zero-order valence-corrected chi connectivity index (χ0v) is 18.6. The summed E-state index contributed by atoms with van der Waals surface area (Å²) in [5.74, 6) is 1.55. The quantitative estimate of drug-likeness (QED) is 0.403. The van der Waals surface area contributed by atoms with E-state index in [1.54, 1.807) is 7.11 Å². The molecule has 1 aromatic heterocycles. The van der Waals surface area contributed by atoms with Gasteiger partial charge in [0.1, 0.15) is 0 Å². The van der Waals surface area contributed by atoms with Crippen LogP contribution < -0.4 is 5.32 Å². The van der Waals surface area contributed by atoms with Crippen LogP contribution in [-0.4, -0.2) is 54.2 Å². The van der Waals surface area contributed by atoms with Crippen molar-refractivity contribution in [2.75, 3.05) is 33.8 Å². The average Bonchev–Trinajstić information content (AvgIpc) is 3.21. The maximum absolute atomic E-state index is 5.67. The normalized spacial score (nSPS) is 21.4. The zero-order valence-electron chi connectivity index (χ0n) is 16.3. The van der Waals surface area contributed by atoms with Gasteiger partial charge >= 0.3 is 0 Å². The highest BCUT2D eigenvalue weighted by Gasteiger charge is 2.29. The van der Waals surface area contributed by atoms with Gasteiger partial charge in [-0.2, -0.15) is 0 Å². The fraction of sp³-hybridized carbons (Fsp3) is 0.500. The van der Waals surface area contributed by atoms with E-state index >= 15 is 0 Å². The Morgan fingerprint density at radius 3 is 2.78 bits per heavy atom. The topological polar surface area (TPSA) is 54.7 Å². The lowest BCUT2D eigenvalue weighted by Gasteiger charge is -2.39. The van der Waals surface area contributed by atoms with Crippen LogP contribution in [-0.2, 0) is 4.74 Å². The molecule has 0 aliphatic carbocycles. The first-order valence-corrected chi connectivity index (χ1v) is 9.23. The van der Waals surface area contributed by atoms with Gasteiger partial charge in [0.2, 0.25) is 0 Å². The summed E-state index contributed by atoms with van der Waals surface area (Å²) in [6, 6.07) is 10.7. The third-order valence-corrected chi connectivity index (χ3v) is 5.24. The van der Waals surface area contributed by atoms with E-state index in [-0.39, 0.29) is 30.1 Å². The molecule has 1 aliphatic heterocycles. The molecule has 7 heteroatoms. The molecule has 1 aliphatic rings. The fourth-order valence-electron chi connectivity index (χ4n) is 3.62.